The number of hydrogen-bond donors (Lipinski definition) is 2. The van der Waals surface area contributed by atoms with E-state index >= 15 is 0 Å². The molecule has 2 N–H and O–H groups in total. The van der Waals surface area contributed by atoms with Crippen molar-refractivity contribution in [1.82, 2.24) is 0 Å². The second-order valence-corrected chi connectivity index (χ2v) is 6.14. The summed E-state index contributed by atoms with van der Waals surface area (Å²) in [5.74, 6) is 0.506. The summed E-state index contributed by atoms with van der Waals surface area (Å²) < 4.78 is 11.7. The van der Waals surface area contributed by atoms with Gasteiger partial charge >= 0.3 is 0 Å². The number of carbonyl (C=O) groups is 1. The molecule has 0 aliphatic heterocycles. The van der Waals surface area contributed by atoms with E-state index in [1.54, 1.807) is 36.4 Å². The molecular weight excluding hydrogens is 412 g/mol. The van der Waals surface area contributed by atoms with Crippen molar-refractivity contribution >= 4 is 45.3 Å². The van der Waals surface area contributed by atoms with Crippen LogP contribution in [0.4, 0.5) is 5.69 Å². The van der Waals surface area contributed by atoms with Crippen molar-refractivity contribution in [1.29, 1.82) is 0 Å². The van der Waals surface area contributed by atoms with E-state index in [-0.39, 0.29) is 12.5 Å². The molecule has 0 radical (unpaired) electrons. The van der Waals surface area contributed by atoms with E-state index in [0.717, 1.165) is 0 Å². The predicted octanol–water partition coefficient (Wildman–Crippen LogP) is 4.33. The first-order valence-corrected chi connectivity index (χ1v) is 8.52. The molecule has 25 heavy (non-hydrogen) atoms. The third-order valence-corrected chi connectivity index (χ3v) is 3.86. The Morgan fingerprint density at radius 1 is 1.32 bits per heavy atom. The van der Waals surface area contributed by atoms with Gasteiger partial charge in [0.15, 0.2) is 18.1 Å². The zero-order chi connectivity index (χ0) is 18.2. The van der Waals surface area contributed by atoms with Crippen LogP contribution in [-0.4, -0.2) is 30.5 Å². The van der Waals surface area contributed by atoms with Crippen molar-refractivity contribution in [2.75, 3.05) is 18.5 Å². The van der Waals surface area contributed by atoms with Crippen LogP contribution >= 0.6 is 27.5 Å². The number of nitrogens with zero attached hydrogens (tertiary/aromatic N) is 1. The average Bonchev–Trinajstić information content (AvgIpc) is 2.57. The highest BCUT2D eigenvalue weighted by Gasteiger charge is 2.14. The number of anilines is 1. The van der Waals surface area contributed by atoms with Gasteiger partial charge in [-0.15, -0.1) is 0 Å². The Morgan fingerprint density at radius 3 is 2.68 bits per heavy atom. The van der Waals surface area contributed by atoms with Gasteiger partial charge < -0.3 is 20.0 Å². The van der Waals surface area contributed by atoms with Crippen molar-refractivity contribution in [3.63, 3.8) is 0 Å². The smallest absolute Gasteiger partial charge is 0.262 e. The molecule has 8 heteroatoms. The molecular formula is C17H16BrClN2O4. The van der Waals surface area contributed by atoms with Crippen LogP contribution in [0.2, 0.25) is 5.02 Å². The summed E-state index contributed by atoms with van der Waals surface area (Å²) in [5, 5.41) is 14.9. The second kappa shape index (κ2) is 9.29. The van der Waals surface area contributed by atoms with Crippen LogP contribution in [0.5, 0.6) is 11.5 Å². The number of carbonyl (C=O) groups excluding carboxylic acids is 1. The van der Waals surface area contributed by atoms with Gasteiger partial charge in [0.25, 0.3) is 5.91 Å². The number of halogens is 2. The first-order valence-electron chi connectivity index (χ1n) is 7.35. The first kappa shape index (κ1) is 19.1. The maximum Gasteiger partial charge on any atom is 0.262 e. The Morgan fingerprint density at radius 2 is 2.04 bits per heavy atom. The van der Waals surface area contributed by atoms with Gasteiger partial charge in [-0.2, -0.15) is 0 Å². The topological polar surface area (TPSA) is 80.2 Å². The number of ether oxygens (including phenoxy) is 2. The SMILES string of the molecule is CCOc1cc(/C=N\O)cc(Br)c1OCC(=O)Nc1ccc(Cl)cc1. The first-order chi connectivity index (χ1) is 12.0. The predicted molar refractivity (Wildman–Crippen MR) is 100 cm³/mol. The summed E-state index contributed by atoms with van der Waals surface area (Å²) >= 11 is 9.18. The molecule has 6 nitrogen and oxygen atoms in total. The molecule has 0 aromatic heterocycles. The molecule has 132 valence electrons. The minimum absolute atomic E-state index is 0.200. The van der Waals surface area contributed by atoms with Crippen molar-refractivity contribution in [2.24, 2.45) is 5.16 Å². The van der Waals surface area contributed by atoms with E-state index in [1.165, 1.54) is 6.21 Å². The maximum atomic E-state index is 12.0. The molecule has 2 rings (SSSR count). The quantitative estimate of drug-likeness (QED) is 0.392. The lowest BCUT2D eigenvalue weighted by atomic mass is 10.2. The Hall–Kier alpha value is -2.25. The molecule has 0 unspecified atom stereocenters. The summed E-state index contributed by atoms with van der Waals surface area (Å²) in [6.45, 7) is 2.05. The molecule has 0 aliphatic carbocycles. The lowest BCUT2D eigenvalue weighted by Crippen LogP contribution is -2.20. The monoisotopic (exact) mass is 426 g/mol. The van der Waals surface area contributed by atoms with Crippen molar-refractivity contribution in [3.8, 4) is 11.5 Å². The van der Waals surface area contributed by atoms with E-state index in [0.29, 0.717) is 38.9 Å². The summed E-state index contributed by atoms with van der Waals surface area (Å²) in [6, 6.07) is 10.1. The number of amides is 1. The number of benzene rings is 2. The van der Waals surface area contributed by atoms with Gasteiger partial charge in [0.1, 0.15) is 0 Å². The maximum absolute atomic E-state index is 12.0. The number of rotatable bonds is 7. The zero-order valence-electron chi connectivity index (χ0n) is 13.3. The van der Waals surface area contributed by atoms with Gasteiger partial charge in [-0.25, -0.2) is 0 Å². The highest BCUT2D eigenvalue weighted by molar-refractivity contribution is 9.10. The van der Waals surface area contributed by atoms with E-state index < -0.39 is 0 Å². The van der Waals surface area contributed by atoms with E-state index in [2.05, 4.69) is 26.4 Å². The highest BCUT2D eigenvalue weighted by atomic mass is 79.9. The minimum atomic E-state index is -0.322. The van der Waals surface area contributed by atoms with E-state index in [9.17, 15) is 4.79 Å². The number of oxime groups is 1. The van der Waals surface area contributed by atoms with Crippen LogP contribution in [0, 0.1) is 0 Å². The van der Waals surface area contributed by atoms with Crippen LogP contribution in [-0.2, 0) is 4.79 Å². The van der Waals surface area contributed by atoms with Crippen LogP contribution in [0.3, 0.4) is 0 Å². The molecule has 0 saturated carbocycles. The van der Waals surface area contributed by atoms with Gasteiger partial charge in [-0.1, -0.05) is 16.8 Å². The lowest BCUT2D eigenvalue weighted by Gasteiger charge is -2.14. The number of hydrogen-bond acceptors (Lipinski definition) is 5. The summed E-state index contributed by atoms with van der Waals surface area (Å²) in [4.78, 5) is 12.0. The molecule has 0 fully saturated rings. The van der Waals surface area contributed by atoms with Gasteiger partial charge in [0.2, 0.25) is 0 Å². The molecule has 1 amide bonds. The Kier molecular flexibility index (Phi) is 7.09. The Bertz CT molecular complexity index is 766. The molecule has 0 atom stereocenters. The highest BCUT2D eigenvalue weighted by Crippen LogP contribution is 2.36. The Balaban J connectivity index is 2.08. The molecule has 0 saturated heterocycles. The van der Waals surface area contributed by atoms with Crippen molar-refractivity contribution in [2.45, 2.75) is 6.92 Å². The summed E-state index contributed by atoms with van der Waals surface area (Å²) in [6.07, 6.45) is 1.27. The van der Waals surface area contributed by atoms with Crippen molar-refractivity contribution in [3.05, 3.63) is 51.5 Å². The molecule has 0 bridgehead atoms. The molecule has 2 aromatic rings. The third kappa shape index (κ3) is 5.65. The van der Waals surface area contributed by atoms with Crippen molar-refractivity contribution < 1.29 is 19.5 Å². The molecule has 0 aliphatic rings. The fraction of sp³-hybridized carbons (Fsp3) is 0.176. The van der Waals surface area contributed by atoms with E-state index in [1.807, 2.05) is 6.92 Å². The zero-order valence-corrected chi connectivity index (χ0v) is 15.7. The largest absolute Gasteiger partial charge is 0.490 e. The van der Waals surface area contributed by atoms with Crippen LogP contribution in [0.1, 0.15) is 12.5 Å². The number of nitrogens with one attached hydrogen (secondary N) is 1. The van der Waals surface area contributed by atoms with Crippen LogP contribution in [0.15, 0.2) is 46.0 Å². The van der Waals surface area contributed by atoms with Crippen LogP contribution < -0.4 is 14.8 Å². The standard InChI is InChI=1S/C17H16BrClN2O4/c1-2-24-15-8-11(9-20-23)7-14(18)17(15)25-10-16(22)21-13-5-3-12(19)4-6-13/h3-9,23H,2,10H2,1H3,(H,21,22)/b20-9-. The van der Waals surface area contributed by atoms with E-state index in [4.69, 9.17) is 26.3 Å². The summed E-state index contributed by atoms with van der Waals surface area (Å²) in [7, 11) is 0. The third-order valence-electron chi connectivity index (χ3n) is 3.01. The van der Waals surface area contributed by atoms with Gasteiger partial charge in [-0.05, 0) is 59.3 Å². The average molecular weight is 428 g/mol. The molecule has 2 aromatic carbocycles. The molecule has 0 spiro atoms. The minimum Gasteiger partial charge on any atom is -0.490 e. The Labute approximate surface area is 158 Å². The van der Waals surface area contributed by atoms with Crippen LogP contribution in [0.25, 0.3) is 0 Å². The van der Waals surface area contributed by atoms with Gasteiger partial charge in [-0.3, -0.25) is 4.79 Å². The second-order valence-electron chi connectivity index (χ2n) is 4.85. The normalized spacial score (nSPS) is 10.7. The lowest BCUT2D eigenvalue weighted by molar-refractivity contribution is -0.118. The molecule has 0 heterocycles. The van der Waals surface area contributed by atoms with Gasteiger partial charge in [0.05, 0.1) is 17.3 Å². The van der Waals surface area contributed by atoms with Gasteiger partial charge in [0, 0.05) is 16.3 Å². The summed E-state index contributed by atoms with van der Waals surface area (Å²) in [5.41, 5.74) is 1.24. The fourth-order valence-electron chi connectivity index (χ4n) is 2.00. The fourth-order valence-corrected chi connectivity index (χ4v) is 2.70.